The van der Waals surface area contributed by atoms with Crippen LogP contribution in [0.2, 0.25) is 0 Å². The summed E-state index contributed by atoms with van der Waals surface area (Å²) in [6.07, 6.45) is 8.63. The van der Waals surface area contributed by atoms with Gasteiger partial charge in [-0.05, 0) is 60.9 Å². The van der Waals surface area contributed by atoms with Gasteiger partial charge in [-0.25, -0.2) is 0 Å². The third-order valence-electron chi connectivity index (χ3n) is 4.79. The molecule has 2 aliphatic rings. The molecule has 110 valence electrons. The Morgan fingerprint density at radius 2 is 1.76 bits per heavy atom. The molecule has 0 heterocycles. The van der Waals surface area contributed by atoms with E-state index in [-0.39, 0.29) is 11.6 Å². The Kier molecular flexibility index (Phi) is 3.86. The van der Waals surface area contributed by atoms with Gasteiger partial charge in [-0.15, -0.1) is 0 Å². The van der Waals surface area contributed by atoms with E-state index in [4.69, 9.17) is 0 Å². The summed E-state index contributed by atoms with van der Waals surface area (Å²) in [6.45, 7) is 0. The molecular formula is C17H19NO3. The number of allylic oxidation sites excluding steroid dienone is 1. The highest BCUT2D eigenvalue weighted by Crippen LogP contribution is 2.40. The molecule has 0 radical (unpaired) electrons. The van der Waals surface area contributed by atoms with Crippen LogP contribution in [0.25, 0.3) is 6.08 Å². The van der Waals surface area contributed by atoms with Crippen LogP contribution < -0.4 is 0 Å². The third-order valence-corrected chi connectivity index (χ3v) is 4.79. The lowest BCUT2D eigenvalue weighted by molar-refractivity contribution is -0.384. The van der Waals surface area contributed by atoms with Crippen molar-refractivity contribution in [2.75, 3.05) is 0 Å². The number of carbonyl (C=O) groups is 1. The van der Waals surface area contributed by atoms with Crippen LogP contribution in [0.3, 0.4) is 0 Å². The average molecular weight is 285 g/mol. The molecule has 21 heavy (non-hydrogen) atoms. The second-order valence-corrected chi connectivity index (χ2v) is 6.07. The molecule has 1 aromatic carbocycles. The lowest BCUT2D eigenvalue weighted by Crippen LogP contribution is -2.16. The number of nitro benzene ring substituents is 1. The maximum absolute atomic E-state index is 12.5. The van der Waals surface area contributed by atoms with Gasteiger partial charge in [0.25, 0.3) is 5.69 Å². The van der Waals surface area contributed by atoms with Crippen LogP contribution >= 0.6 is 0 Å². The minimum absolute atomic E-state index is 0.0822. The molecule has 0 saturated heterocycles. The Hall–Kier alpha value is -1.97. The van der Waals surface area contributed by atoms with Crippen molar-refractivity contribution in [3.8, 4) is 0 Å². The van der Waals surface area contributed by atoms with Gasteiger partial charge in [-0.1, -0.05) is 12.8 Å². The van der Waals surface area contributed by atoms with Crippen LogP contribution in [-0.2, 0) is 4.79 Å². The van der Waals surface area contributed by atoms with E-state index in [0.29, 0.717) is 11.7 Å². The zero-order valence-corrected chi connectivity index (χ0v) is 12.0. The number of rotatable bonds is 3. The number of nitro groups is 1. The molecule has 2 saturated carbocycles. The quantitative estimate of drug-likeness (QED) is 0.476. The molecule has 0 aromatic heterocycles. The third kappa shape index (κ3) is 2.89. The molecule has 2 fully saturated rings. The Bertz CT molecular complexity index is 583. The van der Waals surface area contributed by atoms with Crippen LogP contribution in [0.4, 0.5) is 5.69 Å². The van der Waals surface area contributed by atoms with Gasteiger partial charge < -0.3 is 0 Å². The molecule has 0 spiro atoms. The van der Waals surface area contributed by atoms with Crippen LogP contribution in [0.1, 0.15) is 44.1 Å². The first-order valence-electron chi connectivity index (χ1n) is 7.64. The number of non-ortho nitro benzene ring substituents is 1. The van der Waals surface area contributed by atoms with Gasteiger partial charge in [0, 0.05) is 18.1 Å². The van der Waals surface area contributed by atoms with Gasteiger partial charge in [0.05, 0.1) is 4.92 Å². The van der Waals surface area contributed by atoms with E-state index in [2.05, 4.69) is 0 Å². The van der Waals surface area contributed by atoms with Crippen molar-refractivity contribution >= 4 is 17.5 Å². The zero-order valence-electron chi connectivity index (χ0n) is 12.0. The normalized spacial score (nSPS) is 24.9. The number of hydrogen-bond acceptors (Lipinski definition) is 3. The molecule has 4 heteroatoms. The van der Waals surface area contributed by atoms with Crippen molar-refractivity contribution in [1.29, 1.82) is 0 Å². The summed E-state index contributed by atoms with van der Waals surface area (Å²) in [5.74, 6) is 1.11. The zero-order chi connectivity index (χ0) is 14.8. The fourth-order valence-corrected chi connectivity index (χ4v) is 3.65. The molecule has 2 aliphatic carbocycles. The van der Waals surface area contributed by atoms with Crippen molar-refractivity contribution in [2.45, 2.75) is 38.5 Å². The van der Waals surface area contributed by atoms with Gasteiger partial charge in [0.1, 0.15) is 0 Å². The molecule has 0 unspecified atom stereocenters. The van der Waals surface area contributed by atoms with Gasteiger partial charge in [-0.2, -0.15) is 0 Å². The molecule has 0 amide bonds. The molecule has 0 bridgehead atoms. The predicted octanol–water partition coefficient (Wildman–Crippen LogP) is 4.15. The summed E-state index contributed by atoms with van der Waals surface area (Å²) in [7, 11) is 0. The number of Topliss-reactive ketones (excluding diaryl/α,β-unsaturated/α-hetero) is 1. The van der Waals surface area contributed by atoms with Crippen molar-refractivity contribution < 1.29 is 9.72 Å². The van der Waals surface area contributed by atoms with Crippen LogP contribution in [0.15, 0.2) is 29.8 Å². The predicted molar refractivity (Wildman–Crippen MR) is 80.8 cm³/mol. The van der Waals surface area contributed by atoms with E-state index in [1.165, 1.54) is 37.8 Å². The average Bonchev–Trinajstić information content (AvgIpc) is 3.10. The molecule has 1 atom stereocenters. The van der Waals surface area contributed by atoms with E-state index < -0.39 is 4.92 Å². The largest absolute Gasteiger partial charge is 0.294 e. The monoisotopic (exact) mass is 285 g/mol. The second-order valence-electron chi connectivity index (χ2n) is 6.07. The lowest BCUT2D eigenvalue weighted by atomic mass is 9.88. The fraction of sp³-hybridized carbons (Fsp3) is 0.471. The van der Waals surface area contributed by atoms with Gasteiger partial charge in [0.15, 0.2) is 5.78 Å². The van der Waals surface area contributed by atoms with Gasteiger partial charge in [-0.3, -0.25) is 14.9 Å². The summed E-state index contributed by atoms with van der Waals surface area (Å²) in [4.78, 5) is 22.7. The second kappa shape index (κ2) is 5.80. The van der Waals surface area contributed by atoms with Crippen LogP contribution in [0.5, 0.6) is 0 Å². The van der Waals surface area contributed by atoms with Crippen molar-refractivity contribution in [2.24, 2.45) is 11.8 Å². The number of benzene rings is 1. The number of nitrogens with zero attached hydrogens (tertiary/aromatic N) is 1. The summed E-state index contributed by atoms with van der Waals surface area (Å²) in [5, 5.41) is 10.6. The number of carbonyl (C=O) groups excluding carboxylic acids is 1. The van der Waals surface area contributed by atoms with Crippen LogP contribution in [0, 0.1) is 22.0 Å². The highest BCUT2D eigenvalue weighted by atomic mass is 16.6. The molecule has 4 nitrogen and oxygen atoms in total. The minimum atomic E-state index is -0.409. The minimum Gasteiger partial charge on any atom is -0.294 e. The fourth-order valence-electron chi connectivity index (χ4n) is 3.65. The highest BCUT2D eigenvalue weighted by molar-refractivity contribution is 6.03. The van der Waals surface area contributed by atoms with Crippen molar-refractivity contribution in [1.82, 2.24) is 0 Å². The van der Waals surface area contributed by atoms with E-state index in [9.17, 15) is 14.9 Å². The maximum atomic E-state index is 12.5. The van der Waals surface area contributed by atoms with Gasteiger partial charge in [0.2, 0.25) is 0 Å². The van der Waals surface area contributed by atoms with Crippen LogP contribution in [-0.4, -0.2) is 10.7 Å². The maximum Gasteiger partial charge on any atom is 0.269 e. The van der Waals surface area contributed by atoms with E-state index in [0.717, 1.165) is 24.0 Å². The Morgan fingerprint density at radius 1 is 1.10 bits per heavy atom. The first kappa shape index (κ1) is 14.0. The smallest absolute Gasteiger partial charge is 0.269 e. The molecule has 0 aliphatic heterocycles. The standard InChI is InChI=1S/C17H19NO3/c19-17-14(7-10-16(17)13-3-1-2-4-13)11-12-5-8-15(9-6-12)18(20)21/h5-6,8-9,11,13,16H,1-4,7,10H2/b14-11+/t16-/m0/s1. The van der Waals surface area contributed by atoms with Crippen molar-refractivity contribution in [3.05, 3.63) is 45.5 Å². The van der Waals surface area contributed by atoms with E-state index in [1.54, 1.807) is 12.1 Å². The lowest BCUT2D eigenvalue weighted by Gasteiger charge is -2.15. The first-order chi connectivity index (χ1) is 10.1. The summed E-state index contributed by atoms with van der Waals surface area (Å²) < 4.78 is 0. The Morgan fingerprint density at radius 3 is 2.38 bits per heavy atom. The van der Waals surface area contributed by atoms with Gasteiger partial charge >= 0.3 is 0 Å². The topological polar surface area (TPSA) is 60.2 Å². The van der Waals surface area contributed by atoms with E-state index in [1.807, 2.05) is 6.08 Å². The van der Waals surface area contributed by atoms with E-state index >= 15 is 0 Å². The first-order valence-corrected chi connectivity index (χ1v) is 7.64. The Balaban J connectivity index is 1.74. The summed E-state index contributed by atoms with van der Waals surface area (Å²) in [6, 6.07) is 6.39. The number of hydrogen-bond donors (Lipinski definition) is 0. The molecule has 3 rings (SSSR count). The molecule has 0 N–H and O–H groups in total. The highest BCUT2D eigenvalue weighted by Gasteiger charge is 2.36. The molecular weight excluding hydrogens is 266 g/mol. The number of ketones is 1. The summed E-state index contributed by atoms with van der Waals surface area (Å²) >= 11 is 0. The van der Waals surface area contributed by atoms with Crippen molar-refractivity contribution in [3.63, 3.8) is 0 Å². The summed E-state index contributed by atoms with van der Waals surface area (Å²) in [5.41, 5.74) is 1.84. The SMILES string of the molecule is O=C1/C(=C/c2ccc([N+](=O)[O-])cc2)CC[C@H]1C1CCCC1. The Labute approximate surface area is 124 Å². The molecule has 1 aromatic rings.